The zero-order valence-corrected chi connectivity index (χ0v) is 10.9. The third-order valence-corrected chi connectivity index (χ3v) is 2.66. The number of nitrogens with one attached hydrogen (secondary N) is 3. The molecule has 0 saturated carbocycles. The van der Waals surface area contributed by atoms with Crippen molar-refractivity contribution in [1.82, 2.24) is 4.98 Å². The minimum atomic E-state index is -0.856. The number of hydrogen-bond donors (Lipinski definition) is 5. The van der Waals surface area contributed by atoms with Crippen molar-refractivity contribution < 1.29 is 14.7 Å². The molecule has 0 aliphatic carbocycles. The Labute approximate surface area is 118 Å². The van der Waals surface area contributed by atoms with Crippen molar-refractivity contribution in [3.8, 4) is 5.75 Å². The van der Waals surface area contributed by atoms with E-state index in [-0.39, 0.29) is 22.1 Å². The summed E-state index contributed by atoms with van der Waals surface area (Å²) >= 11 is 5.85. The molecule has 2 aromatic rings. The van der Waals surface area contributed by atoms with Gasteiger partial charge in [-0.1, -0.05) is 11.6 Å². The zero-order valence-electron chi connectivity index (χ0n) is 10.1. The van der Waals surface area contributed by atoms with Crippen molar-refractivity contribution in [2.75, 3.05) is 10.6 Å². The predicted molar refractivity (Wildman–Crippen MR) is 75.1 cm³/mol. The second-order valence-electron chi connectivity index (χ2n) is 3.89. The third-order valence-electron chi connectivity index (χ3n) is 2.44. The monoisotopic (exact) mass is 294 g/mol. The average molecular weight is 295 g/mol. The number of halogens is 1. The summed E-state index contributed by atoms with van der Waals surface area (Å²) in [5.41, 5.74) is 5.43. The van der Waals surface area contributed by atoms with Gasteiger partial charge in [0.25, 0.3) is 5.91 Å². The van der Waals surface area contributed by atoms with E-state index in [2.05, 4.69) is 15.6 Å². The molecule has 104 valence electrons. The highest BCUT2D eigenvalue weighted by Gasteiger charge is 2.14. The number of rotatable bonds is 3. The van der Waals surface area contributed by atoms with Gasteiger partial charge >= 0.3 is 6.03 Å². The Morgan fingerprint density at radius 2 is 1.90 bits per heavy atom. The normalized spacial score (nSPS) is 10.1. The lowest BCUT2D eigenvalue weighted by molar-refractivity contribution is 0.102. The van der Waals surface area contributed by atoms with Crippen LogP contribution in [0.1, 0.15) is 10.4 Å². The number of anilines is 2. The molecule has 0 unspecified atom stereocenters. The van der Waals surface area contributed by atoms with Crippen LogP contribution in [0.4, 0.5) is 16.2 Å². The maximum atomic E-state index is 11.9. The fraction of sp³-hybridized carbons (Fsp3) is 0. The number of primary amides is 1. The third kappa shape index (κ3) is 3.01. The first kappa shape index (κ1) is 13.8. The van der Waals surface area contributed by atoms with E-state index in [0.717, 1.165) is 0 Å². The molecule has 0 aliphatic rings. The van der Waals surface area contributed by atoms with E-state index in [1.807, 2.05) is 0 Å². The van der Waals surface area contributed by atoms with Crippen molar-refractivity contribution in [2.45, 2.75) is 0 Å². The molecule has 3 amide bonds. The molecule has 0 radical (unpaired) electrons. The lowest BCUT2D eigenvalue weighted by Gasteiger charge is -2.11. The fourth-order valence-electron chi connectivity index (χ4n) is 1.58. The number of urea groups is 1. The van der Waals surface area contributed by atoms with Crippen molar-refractivity contribution in [3.63, 3.8) is 0 Å². The topological polar surface area (TPSA) is 120 Å². The second kappa shape index (κ2) is 5.54. The van der Waals surface area contributed by atoms with Gasteiger partial charge in [-0.3, -0.25) is 4.79 Å². The molecule has 2 rings (SSSR count). The van der Waals surface area contributed by atoms with Crippen LogP contribution in [0.5, 0.6) is 5.75 Å². The molecular weight excluding hydrogens is 284 g/mol. The Balaban J connectivity index is 2.29. The van der Waals surface area contributed by atoms with E-state index in [0.29, 0.717) is 5.56 Å². The molecule has 7 nitrogen and oxygen atoms in total. The number of H-pyrrole nitrogens is 1. The molecule has 0 saturated heterocycles. The molecule has 0 fully saturated rings. The van der Waals surface area contributed by atoms with Gasteiger partial charge in [-0.25, -0.2) is 4.79 Å². The summed E-state index contributed by atoms with van der Waals surface area (Å²) < 4.78 is 0. The molecule has 8 heteroatoms. The van der Waals surface area contributed by atoms with Crippen molar-refractivity contribution in [3.05, 3.63) is 41.2 Å². The summed E-state index contributed by atoms with van der Waals surface area (Å²) in [6.07, 6.45) is 3.09. The SMILES string of the molecule is NC(=O)Nc1cc(Cl)cc(NC(=O)c2cc[nH]c2)c1O. The summed E-state index contributed by atoms with van der Waals surface area (Å²) in [4.78, 5) is 25.4. The smallest absolute Gasteiger partial charge is 0.316 e. The molecule has 0 atom stereocenters. The highest BCUT2D eigenvalue weighted by atomic mass is 35.5. The van der Waals surface area contributed by atoms with Crippen LogP contribution in [-0.2, 0) is 0 Å². The van der Waals surface area contributed by atoms with Crippen LogP contribution in [0.2, 0.25) is 5.02 Å². The number of benzene rings is 1. The predicted octanol–water partition coefficient (Wildman–Crippen LogP) is 2.12. The van der Waals surface area contributed by atoms with E-state index < -0.39 is 11.9 Å². The zero-order chi connectivity index (χ0) is 14.7. The van der Waals surface area contributed by atoms with Crippen LogP contribution in [0.15, 0.2) is 30.6 Å². The van der Waals surface area contributed by atoms with Gasteiger partial charge in [-0.2, -0.15) is 0 Å². The van der Waals surface area contributed by atoms with Gasteiger partial charge in [0.05, 0.1) is 16.9 Å². The van der Waals surface area contributed by atoms with Gasteiger partial charge in [-0.05, 0) is 18.2 Å². The first-order chi connectivity index (χ1) is 9.47. The Morgan fingerprint density at radius 1 is 1.25 bits per heavy atom. The van der Waals surface area contributed by atoms with Crippen molar-refractivity contribution in [2.24, 2.45) is 5.73 Å². The number of nitrogens with two attached hydrogens (primary N) is 1. The van der Waals surface area contributed by atoms with Crippen molar-refractivity contribution in [1.29, 1.82) is 0 Å². The summed E-state index contributed by atoms with van der Waals surface area (Å²) in [5, 5.41) is 14.9. The summed E-state index contributed by atoms with van der Waals surface area (Å²) in [5.74, 6) is -0.772. The summed E-state index contributed by atoms with van der Waals surface area (Å²) in [6, 6.07) is 3.38. The van der Waals surface area contributed by atoms with Crippen molar-refractivity contribution >= 4 is 34.9 Å². The number of carbonyl (C=O) groups excluding carboxylic acids is 2. The number of phenols is 1. The average Bonchev–Trinajstić information content (AvgIpc) is 2.88. The van der Waals surface area contributed by atoms with Gasteiger partial charge in [0.2, 0.25) is 0 Å². The first-order valence-corrected chi connectivity index (χ1v) is 5.88. The minimum absolute atomic E-state index is 0.00867. The Bertz CT molecular complexity index is 655. The van der Waals surface area contributed by atoms with Crippen LogP contribution in [0.3, 0.4) is 0 Å². The number of aromatic hydroxyl groups is 1. The molecule has 20 heavy (non-hydrogen) atoms. The molecule has 1 heterocycles. The van der Waals surface area contributed by atoms with E-state index >= 15 is 0 Å². The maximum absolute atomic E-state index is 11.9. The number of aromatic amines is 1. The molecule has 1 aromatic heterocycles. The Kier molecular flexibility index (Phi) is 3.81. The van der Waals surface area contributed by atoms with Crippen LogP contribution in [0.25, 0.3) is 0 Å². The standard InChI is InChI=1S/C12H11ClN4O3/c13-7-3-8(10(18)9(4-7)17-12(14)20)16-11(19)6-1-2-15-5-6/h1-5,15,18H,(H,16,19)(H3,14,17,20). The van der Waals surface area contributed by atoms with Crippen LogP contribution < -0.4 is 16.4 Å². The number of hydrogen-bond acceptors (Lipinski definition) is 3. The number of carbonyl (C=O) groups is 2. The van der Waals surface area contributed by atoms with E-state index in [4.69, 9.17) is 17.3 Å². The van der Waals surface area contributed by atoms with E-state index in [9.17, 15) is 14.7 Å². The summed E-state index contributed by atoms with van der Waals surface area (Å²) in [6.45, 7) is 0. The lowest BCUT2D eigenvalue weighted by atomic mass is 10.2. The fourth-order valence-corrected chi connectivity index (χ4v) is 1.80. The molecule has 0 aliphatic heterocycles. The second-order valence-corrected chi connectivity index (χ2v) is 4.33. The quantitative estimate of drug-likeness (QED) is 0.557. The molecule has 0 spiro atoms. The van der Waals surface area contributed by atoms with Gasteiger partial charge in [0, 0.05) is 17.4 Å². The minimum Gasteiger partial charge on any atom is -0.504 e. The Hall–Kier alpha value is -2.67. The van der Waals surface area contributed by atoms with E-state index in [1.54, 1.807) is 12.3 Å². The Morgan fingerprint density at radius 3 is 2.45 bits per heavy atom. The number of amides is 3. The highest BCUT2D eigenvalue weighted by Crippen LogP contribution is 2.35. The van der Waals surface area contributed by atoms with Gasteiger partial charge < -0.3 is 26.5 Å². The lowest BCUT2D eigenvalue weighted by Crippen LogP contribution is -2.19. The number of phenolic OH excluding ortho intramolecular Hbond substituents is 1. The van der Waals surface area contributed by atoms with Crippen LogP contribution in [-0.4, -0.2) is 22.0 Å². The number of aromatic nitrogens is 1. The van der Waals surface area contributed by atoms with Crippen LogP contribution >= 0.6 is 11.6 Å². The largest absolute Gasteiger partial charge is 0.504 e. The molecular formula is C12H11ClN4O3. The first-order valence-electron chi connectivity index (χ1n) is 5.50. The van der Waals surface area contributed by atoms with Gasteiger partial charge in [0.15, 0.2) is 5.75 Å². The molecule has 0 bridgehead atoms. The maximum Gasteiger partial charge on any atom is 0.316 e. The van der Waals surface area contributed by atoms with Gasteiger partial charge in [-0.15, -0.1) is 0 Å². The molecule has 1 aromatic carbocycles. The van der Waals surface area contributed by atoms with Crippen LogP contribution in [0, 0.1) is 0 Å². The summed E-state index contributed by atoms with van der Waals surface area (Å²) in [7, 11) is 0. The molecule has 6 N–H and O–H groups in total. The van der Waals surface area contributed by atoms with Gasteiger partial charge in [0.1, 0.15) is 0 Å². The van der Waals surface area contributed by atoms with E-state index in [1.165, 1.54) is 18.3 Å². The highest BCUT2D eigenvalue weighted by molar-refractivity contribution is 6.31.